The van der Waals surface area contributed by atoms with Crippen LogP contribution in [0, 0.1) is 11.6 Å². The molecule has 0 radical (unpaired) electrons. The summed E-state index contributed by atoms with van der Waals surface area (Å²) in [4.78, 5) is 11.9. The second kappa shape index (κ2) is 6.01. The molecule has 0 aliphatic rings. The second-order valence-corrected chi connectivity index (χ2v) is 4.98. The predicted molar refractivity (Wildman–Crippen MR) is 74.7 cm³/mol. The van der Waals surface area contributed by atoms with Gasteiger partial charge in [0, 0.05) is 11.6 Å². The number of amides is 1. The number of carbonyl (C=O) groups excluding carboxylic acids is 1. The first-order chi connectivity index (χ1) is 9.88. The van der Waals surface area contributed by atoms with E-state index in [0.717, 1.165) is 12.1 Å². The van der Waals surface area contributed by atoms with Gasteiger partial charge in [-0.1, -0.05) is 30.3 Å². The Balaban J connectivity index is 2.07. The van der Waals surface area contributed by atoms with Crippen molar-refractivity contribution in [2.75, 3.05) is 6.54 Å². The average molecular weight is 291 g/mol. The highest BCUT2D eigenvalue weighted by Crippen LogP contribution is 2.19. The van der Waals surface area contributed by atoms with E-state index in [1.807, 2.05) is 6.07 Å². The van der Waals surface area contributed by atoms with E-state index >= 15 is 0 Å². The maximum absolute atomic E-state index is 13.1. The van der Waals surface area contributed by atoms with Gasteiger partial charge in [0.1, 0.15) is 17.2 Å². The molecule has 1 atom stereocenters. The highest BCUT2D eigenvalue weighted by Gasteiger charge is 2.23. The molecule has 3 nitrogen and oxygen atoms in total. The Morgan fingerprint density at radius 2 is 1.71 bits per heavy atom. The second-order valence-electron chi connectivity index (χ2n) is 4.98. The van der Waals surface area contributed by atoms with Gasteiger partial charge in [0.05, 0.1) is 6.54 Å². The van der Waals surface area contributed by atoms with E-state index in [0.29, 0.717) is 11.6 Å². The molecule has 2 rings (SSSR count). The molecule has 110 valence electrons. The minimum Gasteiger partial charge on any atom is -0.384 e. The maximum Gasteiger partial charge on any atom is 0.251 e. The van der Waals surface area contributed by atoms with Crippen molar-refractivity contribution in [3.63, 3.8) is 0 Å². The number of halogens is 2. The minimum absolute atomic E-state index is 0.0754. The van der Waals surface area contributed by atoms with E-state index in [4.69, 9.17) is 0 Å². The van der Waals surface area contributed by atoms with Crippen LogP contribution in [-0.2, 0) is 5.60 Å². The van der Waals surface area contributed by atoms with Crippen molar-refractivity contribution in [1.82, 2.24) is 5.32 Å². The molecule has 2 aromatic rings. The fourth-order valence-corrected chi connectivity index (χ4v) is 1.94. The summed E-state index contributed by atoms with van der Waals surface area (Å²) in [6.45, 7) is 1.47. The van der Waals surface area contributed by atoms with Gasteiger partial charge in [-0.3, -0.25) is 4.79 Å². The van der Waals surface area contributed by atoms with Crippen molar-refractivity contribution in [2.24, 2.45) is 0 Å². The van der Waals surface area contributed by atoms with Crippen molar-refractivity contribution >= 4 is 5.91 Å². The van der Waals surface area contributed by atoms with E-state index in [1.54, 1.807) is 31.2 Å². The molecule has 5 heteroatoms. The molecular weight excluding hydrogens is 276 g/mol. The molecule has 0 heterocycles. The SMILES string of the molecule is CC(O)(CNC(=O)c1cc(F)cc(F)c1)c1ccccc1. The highest BCUT2D eigenvalue weighted by molar-refractivity contribution is 5.94. The standard InChI is InChI=1S/C16H15F2NO2/c1-16(21,12-5-3-2-4-6-12)10-19-15(20)11-7-13(17)9-14(18)8-11/h2-9,21H,10H2,1H3,(H,19,20). The molecule has 1 amide bonds. The van der Waals surface area contributed by atoms with Gasteiger partial charge in [-0.2, -0.15) is 0 Å². The molecule has 0 bridgehead atoms. The molecule has 1 unspecified atom stereocenters. The number of hydrogen-bond donors (Lipinski definition) is 2. The molecular formula is C16H15F2NO2. The average Bonchev–Trinajstić information content (AvgIpc) is 2.45. The third-order valence-electron chi connectivity index (χ3n) is 3.11. The van der Waals surface area contributed by atoms with Crippen molar-refractivity contribution < 1.29 is 18.7 Å². The predicted octanol–water partition coefficient (Wildman–Crippen LogP) is 2.60. The van der Waals surface area contributed by atoms with Crippen LogP contribution in [0.15, 0.2) is 48.5 Å². The Kier molecular flexibility index (Phi) is 4.33. The van der Waals surface area contributed by atoms with Crippen LogP contribution in [0.4, 0.5) is 8.78 Å². The van der Waals surface area contributed by atoms with Crippen molar-refractivity contribution in [1.29, 1.82) is 0 Å². The van der Waals surface area contributed by atoms with Crippen molar-refractivity contribution in [3.8, 4) is 0 Å². The van der Waals surface area contributed by atoms with Gasteiger partial charge >= 0.3 is 0 Å². The fourth-order valence-electron chi connectivity index (χ4n) is 1.94. The summed E-state index contributed by atoms with van der Waals surface area (Å²) < 4.78 is 26.1. The van der Waals surface area contributed by atoms with Gasteiger partial charge in [0.25, 0.3) is 5.91 Å². The van der Waals surface area contributed by atoms with Gasteiger partial charge in [0.15, 0.2) is 0 Å². The summed E-state index contributed by atoms with van der Waals surface area (Å²) in [7, 11) is 0. The molecule has 2 N–H and O–H groups in total. The summed E-state index contributed by atoms with van der Waals surface area (Å²) in [5.41, 5.74) is -0.768. The lowest BCUT2D eigenvalue weighted by molar-refractivity contribution is 0.0526. The lowest BCUT2D eigenvalue weighted by atomic mass is 9.96. The first-order valence-electron chi connectivity index (χ1n) is 6.41. The summed E-state index contributed by atoms with van der Waals surface area (Å²) in [6, 6.07) is 11.4. The number of benzene rings is 2. The molecule has 0 aliphatic carbocycles. The zero-order valence-corrected chi connectivity index (χ0v) is 11.4. The Bertz CT molecular complexity index is 622. The van der Waals surface area contributed by atoms with Gasteiger partial charge < -0.3 is 10.4 Å². The van der Waals surface area contributed by atoms with E-state index in [2.05, 4.69) is 5.32 Å². The lowest BCUT2D eigenvalue weighted by Gasteiger charge is -2.24. The third-order valence-corrected chi connectivity index (χ3v) is 3.11. The minimum atomic E-state index is -1.28. The van der Waals surface area contributed by atoms with Crippen LogP contribution in [0.5, 0.6) is 0 Å². The molecule has 2 aromatic carbocycles. The number of rotatable bonds is 4. The van der Waals surface area contributed by atoms with Crippen LogP contribution in [0.3, 0.4) is 0 Å². The summed E-state index contributed by atoms with van der Waals surface area (Å²) >= 11 is 0. The Hall–Kier alpha value is -2.27. The van der Waals surface area contributed by atoms with Gasteiger partial charge in [-0.15, -0.1) is 0 Å². The fraction of sp³-hybridized carbons (Fsp3) is 0.188. The van der Waals surface area contributed by atoms with Gasteiger partial charge in [-0.25, -0.2) is 8.78 Å². The smallest absolute Gasteiger partial charge is 0.251 e. The molecule has 0 saturated heterocycles. The zero-order chi connectivity index (χ0) is 15.5. The zero-order valence-electron chi connectivity index (χ0n) is 11.4. The van der Waals surface area contributed by atoms with Crippen LogP contribution in [0.1, 0.15) is 22.8 Å². The van der Waals surface area contributed by atoms with E-state index in [-0.39, 0.29) is 12.1 Å². The van der Waals surface area contributed by atoms with Crippen LogP contribution in [-0.4, -0.2) is 17.6 Å². The summed E-state index contributed by atoms with van der Waals surface area (Å²) in [5.74, 6) is -2.30. The van der Waals surface area contributed by atoms with Gasteiger partial charge in [-0.05, 0) is 24.6 Å². The number of hydrogen-bond acceptors (Lipinski definition) is 2. The number of aliphatic hydroxyl groups is 1. The van der Waals surface area contributed by atoms with E-state index < -0.39 is 23.1 Å². The maximum atomic E-state index is 13.1. The Morgan fingerprint density at radius 3 is 2.29 bits per heavy atom. The molecule has 0 spiro atoms. The largest absolute Gasteiger partial charge is 0.384 e. The van der Waals surface area contributed by atoms with Crippen LogP contribution < -0.4 is 5.32 Å². The summed E-state index contributed by atoms with van der Waals surface area (Å²) in [5, 5.41) is 12.8. The van der Waals surface area contributed by atoms with Gasteiger partial charge in [0.2, 0.25) is 0 Å². The number of carbonyl (C=O) groups is 1. The highest BCUT2D eigenvalue weighted by atomic mass is 19.1. The van der Waals surface area contributed by atoms with Crippen LogP contribution >= 0.6 is 0 Å². The van der Waals surface area contributed by atoms with Crippen molar-refractivity contribution in [3.05, 3.63) is 71.3 Å². The molecule has 0 fully saturated rings. The van der Waals surface area contributed by atoms with Crippen LogP contribution in [0.2, 0.25) is 0 Å². The first-order valence-corrected chi connectivity index (χ1v) is 6.41. The molecule has 0 aliphatic heterocycles. The van der Waals surface area contributed by atoms with Crippen molar-refractivity contribution in [2.45, 2.75) is 12.5 Å². The Labute approximate surface area is 121 Å². The monoisotopic (exact) mass is 291 g/mol. The molecule has 21 heavy (non-hydrogen) atoms. The first kappa shape index (κ1) is 15.1. The quantitative estimate of drug-likeness (QED) is 0.909. The summed E-state index contributed by atoms with van der Waals surface area (Å²) in [6.07, 6.45) is 0. The third kappa shape index (κ3) is 3.86. The normalized spacial score (nSPS) is 13.5. The molecule has 0 aromatic heterocycles. The van der Waals surface area contributed by atoms with E-state index in [1.165, 1.54) is 0 Å². The lowest BCUT2D eigenvalue weighted by Crippen LogP contribution is -2.38. The molecule has 0 saturated carbocycles. The number of nitrogens with one attached hydrogen (secondary N) is 1. The van der Waals surface area contributed by atoms with Crippen LogP contribution in [0.25, 0.3) is 0 Å². The van der Waals surface area contributed by atoms with E-state index in [9.17, 15) is 18.7 Å². The topological polar surface area (TPSA) is 49.3 Å². The Morgan fingerprint density at radius 1 is 1.14 bits per heavy atom.